The molecule has 1 aromatic heterocycles. The number of carbonyl (C=O) groups excluding carboxylic acids is 1. The van der Waals surface area contributed by atoms with Crippen LogP contribution in [0.4, 0.5) is 0 Å². The van der Waals surface area contributed by atoms with Crippen molar-refractivity contribution in [2.45, 2.75) is 33.4 Å². The van der Waals surface area contributed by atoms with Crippen LogP contribution in [0, 0.1) is 6.92 Å². The van der Waals surface area contributed by atoms with Gasteiger partial charge < -0.3 is 14.4 Å². The second-order valence-corrected chi connectivity index (χ2v) is 4.55. The van der Waals surface area contributed by atoms with Crippen LogP contribution in [0.3, 0.4) is 0 Å². The van der Waals surface area contributed by atoms with Gasteiger partial charge in [0.2, 0.25) is 0 Å². The van der Waals surface area contributed by atoms with E-state index in [-0.39, 0.29) is 6.61 Å². The van der Waals surface area contributed by atoms with E-state index in [1.54, 1.807) is 6.92 Å². The Morgan fingerprint density at radius 3 is 2.79 bits per heavy atom. The fourth-order valence-corrected chi connectivity index (χ4v) is 2.26. The number of benzene rings is 1. The first-order valence-electron chi connectivity index (χ1n) is 6.52. The van der Waals surface area contributed by atoms with Crippen molar-refractivity contribution in [3.8, 4) is 0 Å². The van der Waals surface area contributed by atoms with Crippen LogP contribution >= 0.6 is 0 Å². The summed E-state index contributed by atoms with van der Waals surface area (Å²) in [5.74, 6) is -0.599. The molecule has 0 fully saturated rings. The first-order valence-corrected chi connectivity index (χ1v) is 6.52. The van der Waals surface area contributed by atoms with E-state index < -0.39 is 12.1 Å². The molecule has 102 valence electrons. The van der Waals surface area contributed by atoms with Crippen LogP contribution < -0.4 is 0 Å². The van der Waals surface area contributed by atoms with E-state index in [9.17, 15) is 9.90 Å². The van der Waals surface area contributed by atoms with E-state index in [2.05, 4.69) is 6.07 Å². The first-order chi connectivity index (χ1) is 9.08. The highest BCUT2D eigenvalue weighted by Gasteiger charge is 2.23. The van der Waals surface area contributed by atoms with E-state index in [0.717, 1.165) is 23.0 Å². The number of ether oxygens (including phenoxy) is 1. The molecule has 1 aromatic carbocycles. The molecule has 0 spiro atoms. The molecule has 0 aliphatic carbocycles. The van der Waals surface area contributed by atoms with Gasteiger partial charge in [-0.15, -0.1) is 0 Å². The van der Waals surface area contributed by atoms with Crippen molar-refractivity contribution in [3.05, 3.63) is 35.5 Å². The average molecular weight is 261 g/mol. The predicted octanol–water partition coefficient (Wildman–Crippen LogP) is 2.57. The van der Waals surface area contributed by atoms with Crippen molar-refractivity contribution in [3.63, 3.8) is 0 Å². The summed E-state index contributed by atoms with van der Waals surface area (Å²) in [6.07, 6.45) is 0.601. The van der Waals surface area contributed by atoms with Gasteiger partial charge in [0.05, 0.1) is 6.61 Å². The van der Waals surface area contributed by atoms with Crippen LogP contribution in [-0.4, -0.2) is 22.2 Å². The zero-order valence-electron chi connectivity index (χ0n) is 11.5. The fraction of sp³-hybridized carbons (Fsp3) is 0.400. The van der Waals surface area contributed by atoms with E-state index in [4.69, 9.17) is 4.74 Å². The van der Waals surface area contributed by atoms with Gasteiger partial charge in [-0.1, -0.05) is 12.1 Å². The highest BCUT2D eigenvalue weighted by atomic mass is 16.5. The Hall–Kier alpha value is -1.81. The predicted molar refractivity (Wildman–Crippen MR) is 73.9 cm³/mol. The van der Waals surface area contributed by atoms with E-state index >= 15 is 0 Å². The lowest BCUT2D eigenvalue weighted by atomic mass is 10.1. The van der Waals surface area contributed by atoms with Crippen LogP contribution in [-0.2, 0) is 16.1 Å². The van der Waals surface area contributed by atoms with E-state index in [1.165, 1.54) is 0 Å². The maximum absolute atomic E-state index is 11.7. The normalized spacial score (nSPS) is 12.6. The largest absolute Gasteiger partial charge is 0.464 e. The van der Waals surface area contributed by atoms with Crippen molar-refractivity contribution in [1.82, 2.24) is 4.57 Å². The molecule has 1 atom stereocenters. The molecule has 0 saturated carbocycles. The SMILES string of the molecule is CCOC(=O)C(O)c1cn(CC)c2cc(C)ccc12. The molecule has 1 unspecified atom stereocenters. The quantitative estimate of drug-likeness (QED) is 0.861. The zero-order valence-corrected chi connectivity index (χ0v) is 11.5. The van der Waals surface area contributed by atoms with Gasteiger partial charge in [0.25, 0.3) is 0 Å². The van der Waals surface area contributed by atoms with Crippen molar-refractivity contribution < 1.29 is 14.6 Å². The smallest absolute Gasteiger partial charge is 0.339 e. The van der Waals surface area contributed by atoms with Crippen LogP contribution in [0.5, 0.6) is 0 Å². The average Bonchev–Trinajstić information content (AvgIpc) is 2.76. The molecule has 0 aliphatic rings. The molecule has 0 amide bonds. The minimum Gasteiger partial charge on any atom is -0.464 e. The second-order valence-electron chi connectivity index (χ2n) is 4.55. The Morgan fingerprint density at radius 2 is 2.16 bits per heavy atom. The van der Waals surface area contributed by atoms with Crippen molar-refractivity contribution in [2.24, 2.45) is 0 Å². The summed E-state index contributed by atoms with van der Waals surface area (Å²) in [4.78, 5) is 11.7. The van der Waals surface area contributed by atoms with Gasteiger partial charge in [0.15, 0.2) is 6.10 Å². The van der Waals surface area contributed by atoms with Crippen LogP contribution in [0.2, 0.25) is 0 Å². The van der Waals surface area contributed by atoms with Gasteiger partial charge in [0, 0.05) is 29.2 Å². The monoisotopic (exact) mass is 261 g/mol. The summed E-state index contributed by atoms with van der Waals surface area (Å²) in [5.41, 5.74) is 2.79. The number of esters is 1. The third-order valence-corrected chi connectivity index (χ3v) is 3.21. The number of fused-ring (bicyclic) bond motifs is 1. The minimum absolute atomic E-state index is 0.265. The molecule has 0 radical (unpaired) electrons. The fourth-order valence-electron chi connectivity index (χ4n) is 2.26. The Labute approximate surface area is 112 Å². The summed E-state index contributed by atoms with van der Waals surface area (Å²) in [6.45, 7) is 6.83. The highest BCUT2D eigenvalue weighted by Crippen LogP contribution is 2.28. The topological polar surface area (TPSA) is 51.5 Å². The molecule has 2 rings (SSSR count). The van der Waals surface area contributed by atoms with Crippen LogP contribution in [0.25, 0.3) is 10.9 Å². The molecule has 4 heteroatoms. The summed E-state index contributed by atoms with van der Waals surface area (Å²) in [6, 6.07) is 5.97. The number of aryl methyl sites for hydroxylation is 2. The molecule has 4 nitrogen and oxygen atoms in total. The second kappa shape index (κ2) is 5.45. The summed E-state index contributed by atoms with van der Waals surface area (Å²) >= 11 is 0. The highest BCUT2D eigenvalue weighted by molar-refractivity contribution is 5.90. The van der Waals surface area contributed by atoms with Crippen molar-refractivity contribution in [1.29, 1.82) is 0 Å². The first kappa shape index (κ1) is 13.6. The Balaban J connectivity index is 2.52. The van der Waals surface area contributed by atoms with Crippen LogP contribution in [0.1, 0.15) is 31.1 Å². The molecule has 0 aliphatic heterocycles. The lowest BCUT2D eigenvalue weighted by Gasteiger charge is -2.08. The number of aromatic nitrogens is 1. The van der Waals surface area contributed by atoms with Gasteiger partial charge >= 0.3 is 5.97 Å². The molecule has 2 aromatic rings. The summed E-state index contributed by atoms with van der Waals surface area (Å²) in [7, 11) is 0. The summed E-state index contributed by atoms with van der Waals surface area (Å²) in [5, 5.41) is 11.0. The van der Waals surface area contributed by atoms with Gasteiger partial charge in [-0.05, 0) is 32.4 Å². The number of nitrogens with zero attached hydrogens (tertiary/aromatic N) is 1. The molecular formula is C15H19NO3. The maximum Gasteiger partial charge on any atom is 0.339 e. The summed E-state index contributed by atoms with van der Waals surface area (Å²) < 4.78 is 6.90. The molecule has 1 N–H and O–H groups in total. The molecule has 0 saturated heterocycles. The van der Waals surface area contributed by atoms with Gasteiger partial charge in [0.1, 0.15) is 0 Å². The van der Waals surface area contributed by atoms with Gasteiger partial charge in [-0.2, -0.15) is 0 Å². The third-order valence-electron chi connectivity index (χ3n) is 3.21. The Morgan fingerprint density at radius 1 is 1.42 bits per heavy atom. The molecular weight excluding hydrogens is 242 g/mol. The molecule has 19 heavy (non-hydrogen) atoms. The van der Waals surface area contributed by atoms with Crippen LogP contribution in [0.15, 0.2) is 24.4 Å². The standard InChI is InChI=1S/C15H19NO3/c1-4-16-9-12(14(17)15(18)19-5-2)11-7-6-10(3)8-13(11)16/h6-9,14,17H,4-5H2,1-3H3. The lowest BCUT2D eigenvalue weighted by molar-refractivity contribution is -0.153. The van der Waals surface area contributed by atoms with Crippen molar-refractivity contribution in [2.75, 3.05) is 6.61 Å². The minimum atomic E-state index is -1.22. The molecule has 1 heterocycles. The third kappa shape index (κ3) is 2.49. The number of hydrogen-bond acceptors (Lipinski definition) is 3. The number of aliphatic hydroxyl groups is 1. The number of hydrogen-bond donors (Lipinski definition) is 1. The Kier molecular flexibility index (Phi) is 3.90. The zero-order chi connectivity index (χ0) is 14.0. The number of rotatable bonds is 4. The lowest BCUT2D eigenvalue weighted by Crippen LogP contribution is -2.15. The maximum atomic E-state index is 11.7. The van der Waals surface area contributed by atoms with Crippen molar-refractivity contribution >= 4 is 16.9 Å². The van der Waals surface area contributed by atoms with E-state index in [1.807, 2.05) is 36.7 Å². The number of aliphatic hydroxyl groups excluding tert-OH is 1. The van der Waals surface area contributed by atoms with Gasteiger partial charge in [-0.3, -0.25) is 0 Å². The molecule has 0 bridgehead atoms. The van der Waals surface area contributed by atoms with Gasteiger partial charge in [-0.25, -0.2) is 4.79 Å². The Bertz CT molecular complexity index is 601. The van der Waals surface area contributed by atoms with E-state index in [0.29, 0.717) is 5.56 Å². The number of carbonyl (C=O) groups is 1.